The number of hydrogen-bond acceptors (Lipinski definition) is 5. The van der Waals surface area contributed by atoms with E-state index in [1.807, 2.05) is 23.1 Å². The summed E-state index contributed by atoms with van der Waals surface area (Å²) in [6.07, 6.45) is 0.600. The van der Waals surface area contributed by atoms with Crippen LogP contribution in [0.5, 0.6) is 0 Å². The fraction of sp³-hybridized carbons (Fsp3) is 0.318. The number of aromatic nitrogens is 2. The number of piperazine rings is 1. The van der Waals surface area contributed by atoms with Crippen molar-refractivity contribution in [3.63, 3.8) is 0 Å². The minimum absolute atomic E-state index is 0.0445. The normalized spacial score (nSPS) is 14.2. The van der Waals surface area contributed by atoms with Crippen LogP contribution in [0.3, 0.4) is 0 Å². The molecule has 30 heavy (non-hydrogen) atoms. The Morgan fingerprint density at radius 2 is 1.93 bits per heavy atom. The third-order valence-corrected chi connectivity index (χ3v) is 5.51. The van der Waals surface area contributed by atoms with Crippen molar-refractivity contribution in [2.75, 3.05) is 31.1 Å². The second kappa shape index (κ2) is 8.83. The molecule has 0 aliphatic carbocycles. The van der Waals surface area contributed by atoms with Crippen molar-refractivity contribution in [1.82, 2.24) is 15.0 Å². The first-order valence-corrected chi connectivity index (χ1v) is 10.3. The lowest BCUT2D eigenvalue weighted by Gasteiger charge is -2.37. The van der Waals surface area contributed by atoms with Crippen molar-refractivity contribution in [3.05, 3.63) is 64.8 Å². The third kappa shape index (κ3) is 4.46. The molecule has 1 saturated heterocycles. The van der Waals surface area contributed by atoms with Gasteiger partial charge in [0.05, 0.1) is 5.56 Å². The summed E-state index contributed by atoms with van der Waals surface area (Å²) < 4.78 is 19.0. The molecule has 1 amide bonds. The Bertz CT molecular complexity index is 1050. The molecule has 3 aromatic rings. The van der Waals surface area contributed by atoms with Gasteiger partial charge in [-0.25, -0.2) is 4.39 Å². The highest BCUT2D eigenvalue weighted by Gasteiger charge is 2.23. The molecule has 0 N–H and O–H groups in total. The molecule has 0 spiro atoms. The summed E-state index contributed by atoms with van der Waals surface area (Å²) in [6, 6.07) is 12.1. The van der Waals surface area contributed by atoms with Gasteiger partial charge in [0.25, 0.3) is 0 Å². The van der Waals surface area contributed by atoms with Gasteiger partial charge in [-0.15, -0.1) is 0 Å². The number of amides is 1. The topological polar surface area (TPSA) is 62.5 Å². The molecule has 156 valence electrons. The molecule has 0 atom stereocenters. The van der Waals surface area contributed by atoms with E-state index in [1.54, 1.807) is 18.2 Å². The van der Waals surface area contributed by atoms with Crippen LogP contribution in [0.4, 0.5) is 10.1 Å². The van der Waals surface area contributed by atoms with Crippen LogP contribution in [-0.2, 0) is 11.2 Å². The highest BCUT2D eigenvalue weighted by atomic mass is 35.5. The van der Waals surface area contributed by atoms with Gasteiger partial charge in [0.1, 0.15) is 5.82 Å². The molecule has 0 saturated carbocycles. The Kier molecular flexibility index (Phi) is 5.99. The number of halogens is 2. The van der Waals surface area contributed by atoms with E-state index in [0.29, 0.717) is 30.4 Å². The molecule has 0 unspecified atom stereocenters. The summed E-state index contributed by atoms with van der Waals surface area (Å²) in [4.78, 5) is 20.9. The lowest BCUT2D eigenvalue weighted by Crippen LogP contribution is -2.49. The number of benzene rings is 2. The molecule has 1 aromatic heterocycles. The molecule has 2 heterocycles. The first-order chi connectivity index (χ1) is 14.5. The SMILES string of the molecule is Cc1ccc(Cl)cc1N1CCN(C(=O)CCc2nc(-c3ccccc3F)no2)CC1. The average Bonchev–Trinajstić information content (AvgIpc) is 3.23. The predicted molar refractivity (Wildman–Crippen MR) is 113 cm³/mol. The Hall–Kier alpha value is -2.93. The van der Waals surface area contributed by atoms with Crippen molar-refractivity contribution >= 4 is 23.2 Å². The van der Waals surface area contributed by atoms with E-state index in [2.05, 4.69) is 22.0 Å². The standard InChI is InChI=1S/C22H22ClFN4O2/c1-15-6-7-16(23)14-19(15)27-10-12-28(13-11-27)21(29)9-8-20-25-22(26-30-20)17-4-2-3-5-18(17)24/h2-7,14H,8-13H2,1H3. The van der Waals surface area contributed by atoms with Crippen LogP contribution in [0.1, 0.15) is 17.9 Å². The van der Waals surface area contributed by atoms with Crippen molar-refractivity contribution < 1.29 is 13.7 Å². The maximum absolute atomic E-state index is 13.8. The number of nitrogens with zero attached hydrogens (tertiary/aromatic N) is 4. The van der Waals surface area contributed by atoms with E-state index in [9.17, 15) is 9.18 Å². The van der Waals surface area contributed by atoms with E-state index in [-0.39, 0.29) is 23.7 Å². The minimum Gasteiger partial charge on any atom is -0.368 e. The molecule has 1 aliphatic rings. The van der Waals surface area contributed by atoms with Crippen molar-refractivity contribution in [2.45, 2.75) is 19.8 Å². The first-order valence-electron chi connectivity index (χ1n) is 9.87. The lowest BCUT2D eigenvalue weighted by molar-refractivity contribution is -0.131. The molecule has 4 rings (SSSR count). The number of aryl methyl sites for hydroxylation is 2. The van der Waals surface area contributed by atoms with E-state index in [1.165, 1.54) is 11.6 Å². The zero-order valence-electron chi connectivity index (χ0n) is 16.6. The highest BCUT2D eigenvalue weighted by molar-refractivity contribution is 6.30. The minimum atomic E-state index is -0.409. The van der Waals surface area contributed by atoms with E-state index >= 15 is 0 Å². The lowest BCUT2D eigenvalue weighted by atomic mass is 10.1. The van der Waals surface area contributed by atoms with Gasteiger partial charge in [0, 0.05) is 49.7 Å². The second-order valence-electron chi connectivity index (χ2n) is 7.29. The summed E-state index contributed by atoms with van der Waals surface area (Å²) in [6.45, 7) is 4.86. The third-order valence-electron chi connectivity index (χ3n) is 5.28. The molecule has 2 aromatic carbocycles. The van der Waals surface area contributed by atoms with E-state index in [0.717, 1.165) is 18.8 Å². The Morgan fingerprint density at radius 1 is 1.17 bits per heavy atom. The first kappa shape index (κ1) is 20.3. The monoisotopic (exact) mass is 428 g/mol. The van der Waals surface area contributed by atoms with Crippen LogP contribution in [0.2, 0.25) is 5.02 Å². The Balaban J connectivity index is 1.31. The van der Waals surface area contributed by atoms with Gasteiger partial charge in [0.2, 0.25) is 17.6 Å². The van der Waals surface area contributed by atoms with Gasteiger partial charge < -0.3 is 14.3 Å². The van der Waals surface area contributed by atoms with E-state index < -0.39 is 5.82 Å². The quantitative estimate of drug-likeness (QED) is 0.611. The Labute approximate surface area is 179 Å². The van der Waals surface area contributed by atoms with Gasteiger partial charge in [-0.05, 0) is 36.8 Å². The molecule has 6 nitrogen and oxygen atoms in total. The number of rotatable bonds is 5. The van der Waals surface area contributed by atoms with Crippen LogP contribution >= 0.6 is 11.6 Å². The second-order valence-corrected chi connectivity index (χ2v) is 7.73. The van der Waals surface area contributed by atoms with Gasteiger partial charge in [-0.1, -0.05) is 35.0 Å². The van der Waals surface area contributed by atoms with Crippen molar-refractivity contribution in [3.8, 4) is 11.4 Å². The van der Waals surface area contributed by atoms with Crippen LogP contribution in [0, 0.1) is 12.7 Å². The average molecular weight is 429 g/mol. The molecule has 8 heteroatoms. The highest BCUT2D eigenvalue weighted by Crippen LogP contribution is 2.25. The number of anilines is 1. The maximum Gasteiger partial charge on any atom is 0.227 e. The number of carbonyl (C=O) groups is 1. The summed E-state index contributed by atoms with van der Waals surface area (Å²) in [5, 5.41) is 4.54. The molecule has 0 bridgehead atoms. The van der Waals surface area contributed by atoms with E-state index in [4.69, 9.17) is 16.1 Å². The molecule has 0 radical (unpaired) electrons. The number of carbonyl (C=O) groups excluding carboxylic acids is 1. The van der Waals surface area contributed by atoms with Gasteiger partial charge >= 0.3 is 0 Å². The van der Waals surface area contributed by atoms with Crippen LogP contribution in [0.15, 0.2) is 47.0 Å². The molecular weight excluding hydrogens is 407 g/mol. The van der Waals surface area contributed by atoms with Crippen molar-refractivity contribution in [1.29, 1.82) is 0 Å². The summed E-state index contributed by atoms with van der Waals surface area (Å²) in [5.74, 6) is 0.160. The zero-order chi connectivity index (χ0) is 21.1. The van der Waals surface area contributed by atoms with Crippen LogP contribution in [0.25, 0.3) is 11.4 Å². The smallest absolute Gasteiger partial charge is 0.227 e. The van der Waals surface area contributed by atoms with Gasteiger partial charge in [-0.3, -0.25) is 4.79 Å². The molecular formula is C22H22ClFN4O2. The van der Waals surface area contributed by atoms with Gasteiger partial charge in [-0.2, -0.15) is 4.98 Å². The van der Waals surface area contributed by atoms with Crippen molar-refractivity contribution in [2.24, 2.45) is 0 Å². The fourth-order valence-corrected chi connectivity index (χ4v) is 3.77. The van der Waals surface area contributed by atoms with Gasteiger partial charge in [0.15, 0.2) is 0 Å². The molecule has 1 fully saturated rings. The van der Waals surface area contributed by atoms with Crippen LogP contribution < -0.4 is 4.90 Å². The summed E-state index contributed by atoms with van der Waals surface area (Å²) in [7, 11) is 0. The number of hydrogen-bond donors (Lipinski definition) is 0. The maximum atomic E-state index is 13.8. The van der Waals surface area contributed by atoms with Crippen LogP contribution in [-0.4, -0.2) is 47.1 Å². The zero-order valence-corrected chi connectivity index (χ0v) is 17.4. The molecule has 1 aliphatic heterocycles. The largest absolute Gasteiger partial charge is 0.368 e. The summed E-state index contributed by atoms with van der Waals surface area (Å²) >= 11 is 6.13. The predicted octanol–water partition coefficient (Wildman–Crippen LogP) is 4.12. The fourth-order valence-electron chi connectivity index (χ4n) is 3.60. The summed E-state index contributed by atoms with van der Waals surface area (Å²) in [5.41, 5.74) is 2.56. The Morgan fingerprint density at radius 3 is 2.70 bits per heavy atom.